The van der Waals surface area contributed by atoms with Crippen LogP contribution in [-0.2, 0) is 4.74 Å². The molecule has 6 nitrogen and oxygen atoms in total. The predicted octanol–water partition coefficient (Wildman–Crippen LogP) is 1.54. The fraction of sp³-hybridized carbons (Fsp3) is 0.462. The number of hydrogen-bond donors (Lipinski definition) is 1. The Hall–Kier alpha value is -1.67. The second-order valence-corrected chi connectivity index (χ2v) is 5.74. The summed E-state index contributed by atoms with van der Waals surface area (Å²) in [6.45, 7) is 4.39. The van der Waals surface area contributed by atoms with Crippen LogP contribution in [0.1, 0.15) is 16.6 Å². The Morgan fingerprint density at radius 3 is 2.57 bits per heavy atom. The molecule has 0 saturated carbocycles. The highest BCUT2D eigenvalue weighted by Crippen LogP contribution is 2.09. The van der Waals surface area contributed by atoms with Crippen molar-refractivity contribution in [3.63, 3.8) is 0 Å². The standard InChI is InChI=1S/C13H17N3O3S2/c1-2-19-13(18)16-7-5-15(6-8-16)12(20)14-11(17)10-4-3-9-21-10/h3-4,9H,2,5-8H2,1H3,(H,14,17,20). The van der Waals surface area contributed by atoms with E-state index in [2.05, 4.69) is 5.32 Å². The maximum absolute atomic E-state index is 11.9. The van der Waals surface area contributed by atoms with Gasteiger partial charge in [-0.2, -0.15) is 0 Å². The first-order valence-electron chi connectivity index (χ1n) is 6.67. The Labute approximate surface area is 132 Å². The van der Waals surface area contributed by atoms with Crippen LogP contribution in [-0.4, -0.2) is 59.7 Å². The molecule has 0 unspecified atom stereocenters. The van der Waals surface area contributed by atoms with Crippen molar-refractivity contribution in [2.75, 3.05) is 32.8 Å². The average molecular weight is 327 g/mol. The van der Waals surface area contributed by atoms with Crippen molar-refractivity contribution in [2.24, 2.45) is 0 Å². The van der Waals surface area contributed by atoms with Gasteiger partial charge >= 0.3 is 6.09 Å². The molecule has 0 bridgehead atoms. The van der Waals surface area contributed by atoms with Gasteiger partial charge in [-0.3, -0.25) is 10.1 Å². The largest absolute Gasteiger partial charge is 0.450 e. The molecule has 0 spiro atoms. The number of carbonyl (C=O) groups is 2. The number of nitrogens with zero attached hydrogens (tertiary/aromatic N) is 2. The number of piperazine rings is 1. The van der Waals surface area contributed by atoms with Crippen molar-refractivity contribution < 1.29 is 14.3 Å². The van der Waals surface area contributed by atoms with Gasteiger partial charge in [-0.25, -0.2) is 4.79 Å². The minimum absolute atomic E-state index is 0.192. The van der Waals surface area contributed by atoms with Gasteiger partial charge in [-0.15, -0.1) is 11.3 Å². The molecule has 1 N–H and O–H groups in total. The van der Waals surface area contributed by atoms with Gasteiger partial charge in [0.2, 0.25) is 0 Å². The summed E-state index contributed by atoms with van der Waals surface area (Å²) in [7, 11) is 0. The molecule has 0 aromatic carbocycles. The number of thiophene rings is 1. The van der Waals surface area contributed by atoms with Crippen LogP contribution in [0.2, 0.25) is 0 Å². The first-order valence-corrected chi connectivity index (χ1v) is 7.96. The molecule has 114 valence electrons. The van der Waals surface area contributed by atoms with Gasteiger partial charge in [-0.1, -0.05) is 6.07 Å². The third kappa shape index (κ3) is 4.15. The molecule has 21 heavy (non-hydrogen) atoms. The maximum atomic E-state index is 11.9. The van der Waals surface area contributed by atoms with E-state index in [0.717, 1.165) is 0 Å². The summed E-state index contributed by atoms with van der Waals surface area (Å²) in [4.78, 5) is 27.7. The van der Waals surface area contributed by atoms with E-state index in [9.17, 15) is 9.59 Å². The van der Waals surface area contributed by atoms with Crippen molar-refractivity contribution in [2.45, 2.75) is 6.92 Å². The molecule has 1 fully saturated rings. The lowest BCUT2D eigenvalue weighted by atomic mass is 10.3. The summed E-state index contributed by atoms with van der Waals surface area (Å²) in [5.41, 5.74) is 0. The second-order valence-electron chi connectivity index (χ2n) is 4.41. The fourth-order valence-electron chi connectivity index (χ4n) is 1.95. The van der Waals surface area contributed by atoms with E-state index in [1.165, 1.54) is 11.3 Å². The van der Waals surface area contributed by atoms with E-state index in [-0.39, 0.29) is 12.0 Å². The van der Waals surface area contributed by atoms with Gasteiger partial charge in [0.25, 0.3) is 5.91 Å². The molecular weight excluding hydrogens is 310 g/mol. The highest BCUT2D eigenvalue weighted by molar-refractivity contribution is 7.80. The van der Waals surface area contributed by atoms with E-state index in [1.54, 1.807) is 17.9 Å². The third-order valence-corrected chi connectivity index (χ3v) is 4.29. The van der Waals surface area contributed by atoms with E-state index < -0.39 is 0 Å². The monoisotopic (exact) mass is 327 g/mol. The van der Waals surface area contributed by atoms with Crippen molar-refractivity contribution >= 4 is 40.7 Å². The zero-order valence-corrected chi connectivity index (χ0v) is 13.3. The first kappa shape index (κ1) is 15.7. The smallest absolute Gasteiger partial charge is 0.409 e. The summed E-state index contributed by atoms with van der Waals surface area (Å²) in [5, 5.41) is 4.96. The zero-order chi connectivity index (χ0) is 15.2. The van der Waals surface area contributed by atoms with Gasteiger partial charge in [0, 0.05) is 26.2 Å². The minimum atomic E-state index is -0.300. The Morgan fingerprint density at radius 1 is 1.33 bits per heavy atom. The fourth-order valence-corrected chi connectivity index (χ4v) is 2.85. The van der Waals surface area contributed by atoms with Crippen LogP contribution in [0.4, 0.5) is 4.79 Å². The third-order valence-electron chi connectivity index (χ3n) is 3.06. The van der Waals surface area contributed by atoms with Crippen LogP contribution in [0.15, 0.2) is 17.5 Å². The van der Waals surface area contributed by atoms with Crippen molar-refractivity contribution in [1.82, 2.24) is 15.1 Å². The van der Waals surface area contributed by atoms with E-state index in [4.69, 9.17) is 17.0 Å². The lowest BCUT2D eigenvalue weighted by molar-refractivity contribution is 0.0898. The Bertz CT molecular complexity index is 511. The molecule has 0 atom stereocenters. The van der Waals surface area contributed by atoms with Gasteiger partial charge < -0.3 is 14.5 Å². The Kier molecular flexibility index (Phi) is 5.51. The summed E-state index contributed by atoms with van der Waals surface area (Å²) in [6, 6.07) is 3.57. The molecule has 1 aliphatic rings. The number of nitrogens with one attached hydrogen (secondary N) is 1. The van der Waals surface area contributed by atoms with Gasteiger partial charge in [0.1, 0.15) is 0 Å². The molecule has 2 rings (SSSR count). The highest BCUT2D eigenvalue weighted by atomic mass is 32.1. The van der Waals surface area contributed by atoms with Crippen LogP contribution in [0.3, 0.4) is 0 Å². The summed E-state index contributed by atoms with van der Waals surface area (Å²) in [6.07, 6.45) is -0.300. The van der Waals surface area contributed by atoms with Crippen molar-refractivity contribution in [3.05, 3.63) is 22.4 Å². The maximum Gasteiger partial charge on any atom is 0.409 e. The number of carbonyl (C=O) groups excluding carboxylic acids is 2. The van der Waals surface area contributed by atoms with E-state index in [0.29, 0.717) is 42.8 Å². The van der Waals surface area contributed by atoms with Gasteiger partial charge in [0.15, 0.2) is 5.11 Å². The number of thiocarbonyl (C=S) groups is 1. The van der Waals surface area contributed by atoms with Crippen molar-refractivity contribution in [1.29, 1.82) is 0 Å². The zero-order valence-electron chi connectivity index (χ0n) is 11.7. The number of amides is 2. The van der Waals surface area contributed by atoms with Crippen LogP contribution in [0.5, 0.6) is 0 Å². The molecule has 1 saturated heterocycles. The first-order chi connectivity index (χ1) is 10.1. The molecule has 2 amide bonds. The Morgan fingerprint density at radius 2 is 2.00 bits per heavy atom. The minimum Gasteiger partial charge on any atom is -0.450 e. The molecule has 0 aliphatic carbocycles. The van der Waals surface area contributed by atoms with Gasteiger partial charge in [-0.05, 0) is 30.6 Å². The SMILES string of the molecule is CCOC(=O)N1CCN(C(=S)NC(=O)c2cccs2)CC1. The Balaban J connectivity index is 1.80. The molecule has 1 aromatic heterocycles. The van der Waals surface area contributed by atoms with Crippen LogP contribution in [0, 0.1) is 0 Å². The van der Waals surface area contributed by atoms with E-state index >= 15 is 0 Å². The van der Waals surface area contributed by atoms with Crippen LogP contribution in [0.25, 0.3) is 0 Å². The second kappa shape index (κ2) is 7.37. The number of ether oxygens (including phenoxy) is 1. The summed E-state index contributed by atoms with van der Waals surface area (Å²) >= 11 is 6.61. The van der Waals surface area contributed by atoms with Gasteiger partial charge in [0.05, 0.1) is 11.5 Å². The van der Waals surface area contributed by atoms with Crippen LogP contribution < -0.4 is 5.32 Å². The quantitative estimate of drug-likeness (QED) is 0.835. The highest BCUT2D eigenvalue weighted by Gasteiger charge is 2.24. The predicted molar refractivity (Wildman–Crippen MR) is 84.6 cm³/mol. The topological polar surface area (TPSA) is 61.9 Å². The number of rotatable bonds is 2. The van der Waals surface area contributed by atoms with Crippen molar-refractivity contribution in [3.8, 4) is 0 Å². The summed E-state index contributed by atoms with van der Waals surface area (Å²) < 4.78 is 4.96. The lowest BCUT2D eigenvalue weighted by Gasteiger charge is -2.35. The molecule has 2 heterocycles. The molecule has 0 radical (unpaired) electrons. The molecule has 8 heteroatoms. The lowest BCUT2D eigenvalue weighted by Crippen LogP contribution is -2.53. The summed E-state index contributed by atoms with van der Waals surface area (Å²) in [5.74, 6) is -0.192. The molecular formula is C13H17N3O3S2. The number of hydrogen-bond acceptors (Lipinski definition) is 5. The van der Waals surface area contributed by atoms with E-state index in [1.807, 2.05) is 16.3 Å². The van der Waals surface area contributed by atoms with Crippen LogP contribution >= 0.6 is 23.6 Å². The molecule has 1 aliphatic heterocycles. The molecule has 1 aromatic rings. The average Bonchev–Trinajstić information content (AvgIpc) is 3.02. The normalized spacial score (nSPS) is 14.7.